The lowest BCUT2D eigenvalue weighted by atomic mass is 9.98. The minimum Gasteiger partial charge on any atom is -0.449 e. The minimum atomic E-state index is -1.06. The molecule has 0 bridgehead atoms. The van der Waals surface area contributed by atoms with Crippen LogP contribution in [0, 0.1) is 17.0 Å². The van der Waals surface area contributed by atoms with Crippen LogP contribution >= 0.6 is 0 Å². The van der Waals surface area contributed by atoms with Crippen LogP contribution in [0.3, 0.4) is 0 Å². The Hall–Kier alpha value is -4.00. The fraction of sp³-hybridized carbons (Fsp3) is 0.167. The molecule has 0 aliphatic heterocycles. The molecule has 0 fully saturated rings. The van der Waals surface area contributed by atoms with Crippen LogP contribution in [0.1, 0.15) is 40.0 Å². The number of esters is 1. The van der Waals surface area contributed by atoms with Gasteiger partial charge in [0.15, 0.2) is 6.10 Å². The molecule has 7 nitrogen and oxygen atoms in total. The molecular formula is C24H22N2O5. The van der Waals surface area contributed by atoms with E-state index in [1.54, 1.807) is 0 Å². The Morgan fingerprint density at radius 1 is 0.935 bits per heavy atom. The molecule has 0 heterocycles. The van der Waals surface area contributed by atoms with Crippen LogP contribution in [0.5, 0.6) is 0 Å². The lowest BCUT2D eigenvalue weighted by molar-refractivity contribution is -0.385. The number of ether oxygens (including phenoxy) is 1. The Balaban J connectivity index is 1.73. The molecule has 0 aliphatic carbocycles. The second kappa shape index (κ2) is 9.67. The highest BCUT2D eigenvalue weighted by atomic mass is 16.6. The number of nitrogens with one attached hydrogen (secondary N) is 1. The maximum atomic E-state index is 12.8. The first kappa shape index (κ1) is 21.7. The zero-order valence-electron chi connectivity index (χ0n) is 17.1. The normalized spacial score (nSPS) is 11.6. The summed E-state index contributed by atoms with van der Waals surface area (Å²) in [6, 6.07) is 22.5. The fourth-order valence-corrected chi connectivity index (χ4v) is 3.18. The third kappa shape index (κ3) is 5.33. The van der Waals surface area contributed by atoms with Crippen LogP contribution in [0.25, 0.3) is 0 Å². The SMILES string of the molecule is Cc1cc(C(=O)O[C@H](C)C(=O)NC(c2ccccc2)c2ccccc2)ccc1[N+](=O)[O-]. The zero-order valence-corrected chi connectivity index (χ0v) is 17.1. The van der Waals surface area contributed by atoms with Crippen molar-refractivity contribution in [1.29, 1.82) is 0 Å². The van der Waals surface area contributed by atoms with Crippen molar-refractivity contribution in [2.45, 2.75) is 26.0 Å². The molecule has 0 saturated carbocycles. The standard InChI is InChI=1S/C24H22N2O5/c1-16-15-20(13-14-21(16)26(29)30)24(28)31-17(2)23(27)25-22(18-9-5-3-6-10-18)19-11-7-4-8-12-19/h3-15,17,22H,1-2H3,(H,25,27)/t17-/m1/s1. The van der Waals surface area contributed by atoms with Crippen molar-refractivity contribution >= 4 is 17.6 Å². The maximum absolute atomic E-state index is 12.8. The number of carbonyl (C=O) groups excluding carboxylic acids is 2. The Morgan fingerprint density at radius 3 is 1.97 bits per heavy atom. The Bertz CT molecular complexity index is 1040. The van der Waals surface area contributed by atoms with Crippen molar-refractivity contribution in [2.24, 2.45) is 0 Å². The van der Waals surface area contributed by atoms with Crippen LogP contribution in [-0.4, -0.2) is 22.9 Å². The van der Waals surface area contributed by atoms with E-state index in [2.05, 4.69) is 5.32 Å². The zero-order chi connectivity index (χ0) is 22.4. The number of hydrogen-bond donors (Lipinski definition) is 1. The molecular weight excluding hydrogens is 396 g/mol. The average Bonchev–Trinajstić information content (AvgIpc) is 2.78. The summed E-state index contributed by atoms with van der Waals surface area (Å²) >= 11 is 0. The van der Waals surface area contributed by atoms with E-state index in [1.807, 2.05) is 60.7 Å². The van der Waals surface area contributed by atoms with E-state index in [-0.39, 0.29) is 11.3 Å². The first-order valence-corrected chi connectivity index (χ1v) is 9.73. The summed E-state index contributed by atoms with van der Waals surface area (Å²) in [5.41, 5.74) is 2.18. The number of nitro benzene ring substituents is 1. The van der Waals surface area contributed by atoms with Crippen LogP contribution in [0.15, 0.2) is 78.9 Å². The van der Waals surface area contributed by atoms with E-state index in [0.717, 1.165) is 11.1 Å². The van der Waals surface area contributed by atoms with E-state index < -0.39 is 28.9 Å². The van der Waals surface area contributed by atoms with Crippen molar-refractivity contribution in [2.75, 3.05) is 0 Å². The summed E-state index contributed by atoms with van der Waals surface area (Å²) in [6.45, 7) is 3.02. The minimum absolute atomic E-state index is 0.0871. The van der Waals surface area contributed by atoms with E-state index >= 15 is 0 Å². The molecule has 0 spiro atoms. The molecule has 0 aromatic heterocycles. The van der Waals surface area contributed by atoms with Crippen LogP contribution in [0.4, 0.5) is 5.69 Å². The molecule has 0 unspecified atom stereocenters. The number of aryl methyl sites for hydroxylation is 1. The summed E-state index contributed by atoms with van der Waals surface area (Å²) in [5.74, 6) is -1.18. The van der Waals surface area contributed by atoms with Gasteiger partial charge in [0.25, 0.3) is 11.6 Å². The van der Waals surface area contributed by atoms with Gasteiger partial charge in [0, 0.05) is 11.6 Å². The largest absolute Gasteiger partial charge is 0.449 e. The summed E-state index contributed by atoms with van der Waals surface area (Å²) in [7, 11) is 0. The number of hydrogen-bond acceptors (Lipinski definition) is 5. The van der Waals surface area contributed by atoms with Gasteiger partial charge in [-0.3, -0.25) is 14.9 Å². The van der Waals surface area contributed by atoms with Gasteiger partial charge in [-0.1, -0.05) is 60.7 Å². The Labute approximate surface area is 179 Å². The fourth-order valence-electron chi connectivity index (χ4n) is 3.18. The molecule has 7 heteroatoms. The van der Waals surface area contributed by atoms with Crippen LogP contribution < -0.4 is 5.32 Å². The highest BCUT2D eigenvalue weighted by Gasteiger charge is 2.24. The van der Waals surface area contributed by atoms with Gasteiger partial charge in [0.1, 0.15) is 0 Å². The summed E-state index contributed by atoms with van der Waals surface area (Å²) in [5, 5.41) is 13.9. The third-order valence-corrected chi connectivity index (χ3v) is 4.83. The smallest absolute Gasteiger partial charge is 0.338 e. The first-order valence-electron chi connectivity index (χ1n) is 9.73. The Morgan fingerprint density at radius 2 is 1.48 bits per heavy atom. The topological polar surface area (TPSA) is 98.5 Å². The van der Waals surface area contributed by atoms with Gasteiger partial charge in [-0.2, -0.15) is 0 Å². The molecule has 0 saturated heterocycles. The van der Waals surface area contributed by atoms with Gasteiger partial charge >= 0.3 is 5.97 Å². The number of amides is 1. The maximum Gasteiger partial charge on any atom is 0.338 e. The van der Waals surface area contributed by atoms with Crippen molar-refractivity contribution in [3.05, 3.63) is 111 Å². The average molecular weight is 418 g/mol. The predicted molar refractivity (Wildman–Crippen MR) is 116 cm³/mol. The number of rotatable bonds is 7. The second-order valence-corrected chi connectivity index (χ2v) is 7.07. The summed E-state index contributed by atoms with van der Waals surface area (Å²) < 4.78 is 5.31. The van der Waals surface area contributed by atoms with Gasteiger partial charge in [0.2, 0.25) is 0 Å². The van der Waals surface area contributed by atoms with E-state index in [1.165, 1.54) is 32.0 Å². The second-order valence-electron chi connectivity index (χ2n) is 7.07. The molecule has 0 aliphatic rings. The van der Waals surface area contributed by atoms with Crippen molar-refractivity contribution in [3.8, 4) is 0 Å². The molecule has 3 aromatic rings. The number of nitrogens with zero attached hydrogens (tertiary/aromatic N) is 1. The first-order chi connectivity index (χ1) is 14.9. The van der Waals surface area contributed by atoms with Gasteiger partial charge in [-0.05, 0) is 37.1 Å². The highest BCUT2D eigenvalue weighted by Crippen LogP contribution is 2.23. The number of nitro groups is 1. The summed E-state index contributed by atoms with van der Waals surface area (Å²) in [4.78, 5) is 35.7. The van der Waals surface area contributed by atoms with E-state index in [0.29, 0.717) is 5.56 Å². The molecule has 1 atom stereocenters. The lowest BCUT2D eigenvalue weighted by Gasteiger charge is -2.22. The molecule has 3 rings (SSSR count). The monoisotopic (exact) mass is 418 g/mol. The van der Waals surface area contributed by atoms with Gasteiger partial charge in [0.05, 0.1) is 16.5 Å². The quantitative estimate of drug-likeness (QED) is 0.349. The Kier molecular flexibility index (Phi) is 6.77. The van der Waals surface area contributed by atoms with Gasteiger partial charge in [-0.15, -0.1) is 0 Å². The van der Waals surface area contributed by atoms with Gasteiger partial charge < -0.3 is 10.1 Å². The molecule has 3 aromatic carbocycles. The van der Waals surface area contributed by atoms with E-state index in [4.69, 9.17) is 4.74 Å². The lowest BCUT2D eigenvalue weighted by Crippen LogP contribution is -2.38. The third-order valence-electron chi connectivity index (χ3n) is 4.83. The molecule has 0 radical (unpaired) electrons. The molecule has 1 amide bonds. The van der Waals surface area contributed by atoms with Crippen LogP contribution in [0.2, 0.25) is 0 Å². The van der Waals surface area contributed by atoms with Crippen LogP contribution in [-0.2, 0) is 9.53 Å². The van der Waals surface area contributed by atoms with Gasteiger partial charge in [-0.25, -0.2) is 4.79 Å². The summed E-state index contributed by atoms with van der Waals surface area (Å²) in [6.07, 6.45) is -1.06. The molecule has 158 valence electrons. The molecule has 1 N–H and O–H groups in total. The number of carbonyl (C=O) groups is 2. The molecule has 31 heavy (non-hydrogen) atoms. The highest BCUT2D eigenvalue weighted by molar-refractivity contribution is 5.92. The van der Waals surface area contributed by atoms with Crippen molar-refractivity contribution in [3.63, 3.8) is 0 Å². The number of benzene rings is 3. The van der Waals surface area contributed by atoms with E-state index in [9.17, 15) is 19.7 Å². The van der Waals surface area contributed by atoms with Crippen molar-refractivity contribution in [1.82, 2.24) is 5.32 Å². The van der Waals surface area contributed by atoms with Crippen molar-refractivity contribution < 1.29 is 19.2 Å². The predicted octanol–water partition coefficient (Wildman–Crippen LogP) is 4.35.